The lowest BCUT2D eigenvalue weighted by molar-refractivity contribution is -0.151. The van der Waals surface area contributed by atoms with Crippen molar-refractivity contribution < 1.29 is 14.3 Å². The first-order chi connectivity index (χ1) is 10.5. The van der Waals surface area contributed by atoms with Crippen LogP contribution in [0.25, 0.3) is 0 Å². The van der Waals surface area contributed by atoms with Gasteiger partial charge in [-0.1, -0.05) is 0 Å². The van der Waals surface area contributed by atoms with Crippen LogP contribution in [0.2, 0.25) is 0 Å². The maximum atomic E-state index is 12.3. The Hall–Kier alpha value is -2.38. The molecule has 1 amide bonds. The number of nitrogens with one attached hydrogen (secondary N) is 2. The molecular weight excluding hydrogens is 290 g/mol. The Bertz CT molecular complexity index is 635. The molecule has 120 valence electrons. The number of aromatic nitrogens is 2. The summed E-state index contributed by atoms with van der Waals surface area (Å²) in [6.07, 6.45) is 1.35. The van der Waals surface area contributed by atoms with E-state index in [0.717, 1.165) is 6.42 Å². The van der Waals surface area contributed by atoms with Gasteiger partial charge in [0.25, 0.3) is 5.56 Å². The lowest BCUT2D eigenvalue weighted by atomic mass is 9.98. The van der Waals surface area contributed by atoms with Crippen LogP contribution in [0.15, 0.2) is 15.7 Å². The number of likely N-dealkylation sites (tertiary alicyclic amines) is 1. The summed E-state index contributed by atoms with van der Waals surface area (Å²) in [6.45, 7) is 2.93. The maximum Gasteiger partial charge on any atom is 0.325 e. The largest absolute Gasteiger partial charge is 0.466 e. The second-order valence-electron chi connectivity index (χ2n) is 5.22. The molecule has 2 rings (SSSR count). The number of nitrogens with zero attached hydrogens (tertiary/aromatic N) is 1. The first-order valence-corrected chi connectivity index (χ1v) is 7.26. The quantitative estimate of drug-likeness (QED) is 0.722. The van der Waals surface area contributed by atoms with Crippen molar-refractivity contribution in [1.82, 2.24) is 14.9 Å². The molecule has 1 fully saturated rings. The van der Waals surface area contributed by atoms with Crippen LogP contribution >= 0.6 is 0 Å². The molecule has 2 heterocycles. The molecule has 22 heavy (non-hydrogen) atoms. The average Bonchev–Trinajstić information content (AvgIpc) is 2.46. The van der Waals surface area contributed by atoms with Gasteiger partial charge in [0.15, 0.2) is 0 Å². The first-order valence-electron chi connectivity index (χ1n) is 7.26. The highest BCUT2D eigenvalue weighted by molar-refractivity contribution is 5.80. The number of hydrogen-bond acceptors (Lipinski definition) is 5. The molecule has 8 heteroatoms. The summed E-state index contributed by atoms with van der Waals surface area (Å²) in [6, 6.07) is 1.19. The van der Waals surface area contributed by atoms with Gasteiger partial charge in [-0.15, -0.1) is 0 Å². The molecular formula is C14H19N3O5. The Balaban J connectivity index is 2.01. The normalized spacial score (nSPS) is 18.0. The summed E-state index contributed by atoms with van der Waals surface area (Å²) >= 11 is 0. The molecule has 1 aromatic rings. The first kappa shape index (κ1) is 16.0. The minimum Gasteiger partial charge on any atom is -0.466 e. The van der Waals surface area contributed by atoms with Gasteiger partial charge in [-0.05, 0) is 19.8 Å². The van der Waals surface area contributed by atoms with E-state index in [2.05, 4.69) is 4.98 Å². The molecule has 0 radical (unpaired) electrons. The van der Waals surface area contributed by atoms with Crippen molar-refractivity contribution in [2.24, 2.45) is 5.92 Å². The van der Waals surface area contributed by atoms with Gasteiger partial charge in [-0.2, -0.15) is 0 Å². The standard InChI is InChI=1S/C14H19N3O5/c1-2-22-13(20)9-4-3-5-17(8-9)12(19)7-10-6-11(18)16-14(21)15-10/h6,9H,2-5,7-8H2,1H3,(H2,15,16,18,21). The molecule has 0 spiro atoms. The monoisotopic (exact) mass is 309 g/mol. The second-order valence-corrected chi connectivity index (χ2v) is 5.22. The number of amides is 1. The molecule has 1 aliphatic heterocycles. The molecule has 8 nitrogen and oxygen atoms in total. The SMILES string of the molecule is CCOC(=O)C1CCCN(C(=O)Cc2cc(=O)[nH]c(=O)[nH]2)C1. The van der Waals surface area contributed by atoms with Gasteiger partial charge in [-0.3, -0.25) is 19.4 Å². The second kappa shape index (κ2) is 7.06. The lowest BCUT2D eigenvalue weighted by Gasteiger charge is -2.31. The lowest BCUT2D eigenvalue weighted by Crippen LogP contribution is -2.43. The number of H-pyrrole nitrogens is 2. The molecule has 0 bridgehead atoms. The third kappa shape index (κ3) is 4.06. The molecule has 0 saturated carbocycles. The molecule has 0 aromatic carbocycles. The van der Waals surface area contributed by atoms with Crippen LogP contribution in [0.1, 0.15) is 25.5 Å². The van der Waals surface area contributed by atoms with E-state index in [1.807, 2.05) is 4.98 Å². The summed E-state index contributed by atoms with van der Waals surface area (Å²) in [4.78, 5) is 52.5. The fourth-order valence-corrected chi connectivity index (χ4v) is 2.55. The van der Waals surface area contributed by atoms with Gasteiger partial charge >= 0.3 is 11.7 Å². The van der Waals surface area contributed by atoms with Gasteiger partial charge < -0.3 is 14.6 Å². The fraction of sp³-hybridized carbons (Fsp3) is 0.571. The third-order valence-corrected chi connectivity index (χ3v) is 3.55. The predicted octanol–water partition coefficient (Wildman–Crippen LogP) is -0.593. The molecule has 2 N–H and O–H groups in total. The van der Waals surface area contributed by atoms with Crippen LogP contribution in [0, 0.1) is 5.92 Å². The highest BCUT2D eigenvalue weighted by atomic mass is 16.5. The van der Waals surface area contributed by atoms with E-state index in [9.17, 15) is 19.2 Å². The van der Waals surface area contributed by atoms with E-state index in [-0.39, 0.29) is 29.9 Å². The van der Waals surface area contributed by atoms with E-state index in [4.69, 9.17) is 4.74 Å². The zero-order valence-electron chi connectivity index (χ0n) is 12.4. The van der Waals surface area contributed by atoms with Crippen molar-refractivity contribution in [3.05, 3.63) is 32.6 Å². The highest BCUT2D eigenvalue weighted by Gasteiger charge is 2.29. The van der Waals surface area contributed by atoms with Crippen LogP contribution in [0.4, 0.5) is 0 Å². The zero-order valence-corrected chi connectivity index (χ0v) is 12.4. The maximum absolute atomic E-state index is 12.3. The van der Waals surface area contributed by atoms with Crippen molar-refractivity contribution in [3.8, 4) is 0 Å². The van der Waals surface area contributed by atoms with Crippen molar-refractivity contribution in [1.29, 1.82) is 0 Å². The molecule has 1 unspecified atom stereocenters. The average molecular weight is 309 g/mol. The van der Waals surface area contributed by atoms with Gasteiger partial charge in [0, 0.05) is 24.8 Å². The Morgan fingerprint density at radius 2 is 2.14 bits per heavy atom. The van der Waals surface area contributed by atoms with Crippen molar-refractivity contribution >= 4 is 11.9 Å². The Morgan fingerprint density at radius 1 is 1.36 bits per heavy atom. The minimum atomic E-state index is -0.640. The fourth-order valence-electron chi connectivity index (χ4n) is 2.55. The van der Waals surface area contributed by atoms with Gasteiger partial charge in [0.05, 0.1) is 18.9 Å². The minimum absolute atomic E-state index is 0.0747. The summed E-state index contributed by atoms with van der Waals surface area (Å²) < 4.78 is 4.99. The van der Waals surface area contributed by atoms with Crippen LogP contribution in [0.3, 0.4) is 0 Å². The van der Waals surface area contributed by atoms with Crippen molar-refractivity contribution in [2.75, 3.05) is 19.7 Å². The number of aromatic amines is 2. The molecule has 0 aliphatic carbocycles. The van der Waals surface area contributed by atoms with Crippen molar-refractivity contribution in [3.63, 3.8) is 0 Å². The van der Waals surface area contributed by atoms with Gasteiger partial charge in [0.1, 0.15) is 0 Å². The summed E-state index contributed by atoms with van der Waals surface area (Å²) in [7, 11) is 0. The number of ether oxygens (including phenoxy) is 1. The smallest absolute Gasteiger partial charge is 0.325 e. The number of esters is 1. The zero-order chi connectivity index (χ0) is 16.1. The molecule has 1 saturated heterocycles. The number of hydrogen-bond donors (Lipinski definition) is 2. The third-order valence-electron chi connectivity index (χ3n) is 3.55. The van der Waals surface area contributed by atoms with Crippen LogP contribution < -0.4 is 11.2 Å². The Labute approximate surface area is 126 Å². The van der Waals surface area contributed by atoms with Gasteiger partial charge in [-0.25, -0.2) is 4.79 Å². The summed E-state index contributed by atoms with van der Waals surface area (Å²) in [5, 5.41) is 0. The number of carbonyl (C=O) groups is 2. The van der Waals surface area contributed by atoms with Crippen LogP contribution in [0.5, 0.6) is 0 Å². The van der Waals surface area contributed by atoms with E-state index >= 15 is 0 Å². The Morgan fingerprint density at radius 3 is 2.82 bits per heavy atom. The summed E-state index contributed by atoms with van der Waals surface area (Å²) in [5.74, 6) is -0.823. The molecule has 1 aliphatic rings. The Kier molecular flexibility index (Phi) is 5.13. The summed E-state index contributed by atoms with van der Waals surface area (Å²) in [5.41, 5.74) is -0.926. The number of rotatable bonds is 4. The van der Waals surface area contributed by atoms with E-state index in [1.54, 1.807) is 11.8 Å². The van der Waals surface area contributed by atoms with E-state index in [0.29, 0.717) is 26.1 Å². The van der Waals surface area contributed by atoms with Crippen LogP contribution in [-0.2, 0) is 20.7 Å². The number of carbonyl (C=O) groups excluding carboxylic acids is 2. The van der Waals surface area contributed by atoms with E-state index < -0.39 is 11.2 Å². The molecule has 1 aromatic heterocycles. The van der Waals surface area contributed by atoms with Gasteiger partial charge in [0.2, 0.25) is 5.91 Å². The predicted molar refractivity (Wildman–Crippen MR) is 77.3 cm³/mol. The highest BCUT2D eigenvalue weighted by Crippen LogP contribution is 2.18. The number of piperidine rings is 1. The van der Waals surface area contributed by atoms with Crippen LogP contribution in [-0.4, -0.2) is 46.4 Å². The topological polar surface area (TPSA) is 112 Å². The van der Waals surface area contributed by atoms with E-state index in [1.165, 1.54) is 6.07 Å². The van der Waals surface area contributed by atoms with Crippen molar-refractivity contribution in [2.45, 2.75) is 26.2 Å². The molecule has 1 atom stereocenters.